The highest BCUT2D eigenvalue weighted by Gasteiger charge is 2.15. The first kappa shape index (κ1) is 15.8. The molecule has 116 valence electrons. The van der Waals surface area contributed by atoms with E-state index in [0.717, 1.165) is 16.5 Å². The standard InChI is InChI=1S/C18H14Cl2N2O/c1-22(11-13-6-4-7-14(19)17(13)20)18(23)16-10-9-12-5-2-3-8-15(12)21-16/h2-10H,11H2,1H3. The lowest BCUT2D eigenvalue weighted by Crippen LogP contribution is -2.27. The van der Waals surface area contributed by atoms with E-state index in [0.29, 0.717) is 22.3 Å². The molecule has 0 aliphatic heterocycles. The van der Waals surface area contributed by atoms with Gasteiger partial charge in [-0.1, -0.05) is 59.6 Å². The summed E-state index contributed by atoms with van der Waals surface area (Å²) in [4.78, 5) is 18.6. The van der Waals surface area contributed by atoms with Gasteiger partial charge in [-0.2, -0.15) is 0 Å². The maximum Gasteiger partial charge on any atom is 0.272 e. The van der Waals surface area contributed by atoms with Gasteiger partial charge in [-0.25, -0.2) is 4.98 Å². The largest absolute Gasteiger partial charge is 0.336 e. The molecule has 1 aromatic heterocycles. The fourth-order valence-electron chi connectivity index (χ4n) is 2.38. The van der Waals surface area contributed by atoms with Crippen LogP contribution in [0.5, 0.6) is 0 Å². The minimum Gasteiger partial charge on any atom is -0.336 e. The molecule has 0 fully saturated rings. The number of aromatic nitrogens is 1. The molecule has 0 saturated carbocycles. The van der Waals surface area contributed by atoms with Gasteiger partial charge in [0.15, 0.2) is 0 Å². The fraction of sp³-hybridized carbons (Fsp3) is 0.111. The van der Waals surface area contributed by atoms with Crippen molar-refractivity contribution in [1.82, 2.24) is 9.88 Å². The maximum absolute atomic E-state index is 12.6. The number of halogens is 2. The maximum atomic E-state index is 12.6. The molecule has 2 aromatic carbocycles. The average molecular weight is 345 g/mol. The molecule has 5 heteroatoms. The summed E-state index contributed by atoms with van der Waals surface area (Å²) >= 11 is 12.2. The van der Waals surface area contributed by atoms with E-state index in [-0.39, 0.29) is 5.91 Å². The molecule has 0 atom stereocenters. The Labute approximate surface area is 144 Å². The Kier molecular flexibility index (Phi) is 4.51. The Hall–Kier alpha value is -2.10. The van der Waals surface area contributed by atoms with Crippen LogP contribution in [0.15, 0.2) is 54.6 Å². The number of rotatable bonds is 3. The summed E-state index contributed by atoms with van der Waals surface area (Å²) in [7, 11) is 1.72. The molecule has 0 radical (unpaired) electrons. The summed E-state index contributed by atoms with van der Waals surface area (Å²) in [6, 6.07) is 16.7. The predicted molar refractivity (Wildman–Crippen MR) is 94.0 cm³/mol. The summed E-state index contributed by atoms with van der Waals surface area (Å²) in [5.41, 5.74) is 2.01. The van der Waals surface area contributed by atoms with E-state index >= 15 is 0 Å². The zero-order chi connectivity index (χ0) is 16.4. The third-order valence-corrected chi connectivity index (χ3v) is 4.46. The zero-order valence-corrected chi connectivity index (χ0v) is 14.0. The number of carbonyl (C=O) groups is 1. The van der Waals surface area contributed by atoms with Gasteiger partial charge in [-0.05, 0) is 23.8 Å². The Morgan fingerprint density at radius 1 is 1.04 bits per heavy atom. The molecule has 0 aliphatic carbocycles. The Morgan fingerprint density at radius 2 is 1.83 bits per heavy atom. The predicted octanol–water partition coefficient (Wildman–Crippen LogP) is 4.81. The van der Waals surface area contributed by atoms with Crippen LogP contribution in [0, 0.1) is 0 Å². The van der Waals surface area contributed by atoms with Crippen LogP contribution in [0.3, 0.4) is 0 Å². The van der Waals surface area contributed by atoms with Crippen molar-refractivity contribution in [2.24, 2.45) is 0 Å². The molecule has 0 bridgehead atoms. The van der Waals surface area contributed by atoms with E-state index in [9.17, 15) is 4.79 Å². The van der Waals surface area contributed by atoms with Gasteiger partial charge in [0.2, 0.25) is 0 Å². The molecule has 23 heavy (non-hydrogen) atoms. The Morgan fingerprint density at radius 3 is 2.65 bits per heavy atom. The molecule has 0 unspecified atom stereocenters. The molecule has 1 amide bonds. The molecular formula is C18H14Cl2N2O. The van der Waals surface area contributed by atoms with Crippen LogP contribution in [-0.4, -0.2) is 22.8 Å². The van der Waals surface area contributed by atoms with Gasteiger partial charge >= 0.3 is 0 Å². The van der Waals surface area contributed by atoms with Crippen LogP contribution in [0.1, 0.15) is 16.1 Å². The lowest BCUT2D eigenvalue weighted by atomic mass is 10.2. The van der Waals surface area contributed by atoms with E-state index in [2.05, 4.69) is 4.98 Å². The fourth-order valence-corrected chi connectivity index (χ4v) is 2.76. The van der Waals surface area contributed by atoms with Crippen LogP contribution in [-0.2, 0) is 6.54 Å². The second-order valence-corrected chi connectivity index (χ2v) is 6.05. The molecular weight excluding hydrogens is 331 g/mol. The number of benzene rings is 2. The minimum atomic E-state index is -0.160. The van der Waals surface area contributed by atoms with Gasteiger partial charge in [0.1, 0.15) is 5.69 Å². The topological polar surface area (TPSA) is 33.2 Å². The third-order valence-electron chi connectivity index (χ3n) is 3.60. The van der Waals surface area contributed by atoms with Crippen molar-refractivity contribution in [3.8, 4) is 0 Å². The highest BCUT2D eigenvalue weighted by atomic mass is 35.5. The first-order valence-electron chi connectivity index (χ1n) is 7.10. The van der Waals surface area contributed by atoms with Crippen molar-refractivity contribution < 1.29 is 4.79 Å². The second-order valence-electron chi connectivity index (χ2n) is 5.26. The molecule has 0 spiro atoms. The number of fused-ring (bicyclic) bond motifs is 1. The van der Waals surface area contributed by atoms with Crippen LogP contribution < -0.4 is 0 Å². The third kappa shape index (κ3) is 3.31. The van der Waals surface area contributed by atoms with Crippen molar-refractivity contribution in [1.29, 1.82) is 0 Å². The van der Waals surface area contributed by atoms with Crippen molar-refractivity contribution in [3.63, 3.8) is 0 Å². The summed E-state index contributed by atoms with van der Waals surface area (Å²) in [6.07, 6.45) is 0. The van der Waals surface area contributed by atoms with E-state index in [4.69, 9.17) is 23.2 Å². The molecule has 0 N–H and O–H groups in total. The Bertz CT molecular complexity index is 880. The SMILES string of the molecule is CN(Cc1cccc(Cl)c1Cl)C(=O)c1ccc2ccccc2n1. The minimum absolute atomic E-state index is 0.160. The van der Waals surface area contributed by atoms with E-state index in [1.165, 1.54) is 0 Å². The van der Waals surface area contributed by atoms with Gasteiger partial charge in [-0.3, -0.25) is 4.79 Å². The van der Waals surface area contributed by atoms with Crippen molar-refractivity contribution in [2.45, 2.75) is 6.54 Å². The first-order chi connectivity index (χ1) is 11.1. The summed E-state index contributed by atoms with van der Waals surface area (Å²) < 4.78 is 0. The van der Waals surface area contributed by atoms with Crippen LogP contribution in [0.4, 0.5) is 0 Å². The normalized spacial score (nSPS) is 10.7. The van der Waals surface area contributed by atoms with Crippen LogP contribution in [0.25, 0.3) is 10.9 Å². The highest BCUT2D eigenvalue weighted by Crippen LogP contribution is 2.26. The smallest absolute Gasteiger partial charge is 0.272 e. The monoisotopic (exact) mass is 344 g/mol. The molecule has 1 heterocycles. The summed E-state index contributed by atoms with van der Waals surface area (Å²) in [5.74, 6) is -0.160. The van der Waals surface area contributed by atoms with Crippen molar-refractivity contribution in [2.75, 3.05) is 7.05 Å². The Balaban J connectivity index is 1.84. The first-order valence-corrected chi connectivity index (χ1v) is 7.86. The average Bonchev–Trinajstić information content (AvgIpc) is 2.57. The van der Waals surface area contributed by atoms with Gasteiger partial charge in [-0.15, -0.1) is 0 Å². The number of hydrogen-bond donors (Lipinski definition) is 0. The molecule has 0 aliphatic rings. The van der Waals surface area contributed by atoms with Crippen molar-refractivity contribution >= 4 is 40.0 Å². The molecule has 3 nitrogen and oxygen atoms in total. The van der Waals surface area contributed by atoms with Gasteiger partial charge in [0.05, 0.1) is 15.6 Å². The van der Waals surface area contributed by atoms with E-state index < -0.39 is 0 Å². The lowest BCUT2D eigenvalue weighted by Gasteiger charge is -2.18. The van der Waals surface area contributed by atoms with Gasteiger partial charge in [0, 0.05) is 19.0 Å². The second kappa shape index (κ2) is 6.57. The number of amides is 1. The zero-order valence-electron chi connectivity index (χ0n) is 12.5. The summed E-state index contributed by atoms with van der Waals surface area (Å²) in [5, 5.41) is 1.96. The van der Waals surface area contributed by atoms with Crippen LogP contribution >= 0.6 is 23.2 Å². The van der Waals surface area contributed by atoms with E-state index in [1.807, 2.05) is 42.5 Å². The number of pyridine rings is 1. The summed E-state index contributed by atoms with van der Waals surface area (Å²) in [6.45, 7) is 0.368. The quantitative estimate of drug-likeness (QED) is 0.682. The van der Waals surface area contributed by atoms with Gasteiger partial charge < -0.3 is 4.90 Å². The van der Waals surface area contributed by atoms with E-state index in [1.54, 1.807) is 24.1 Å². The van der Waals surface area contributed by atoms with Crippen molar-refractivity contribution in [3.05, 3.63) is 75.9 Å². The number of nitrogens with zero attached hydrogens (tertiary/aromatic N) is 2. The number of carbonyl (C=O) groups excluding carboxylic acids is 1. The van der Waals surface area contributed by atoms with Crippen LogP contribution in [0.2, 0.25) is 10.0 Å². The number of para-hydroxylation sites is 1. The van der Waals surface area contributed by atoms with Gasteiger partial charge in [0.25, 0.3) is 5.91 Å². The highest BCUT2D eigenvalue weighted by molar-refractivity contribution is 6.42. The lowest BCUT2D eigenvalue weighted by molar-refractivity contribution is 0.0780. The molecule has 0 saturated heterocycles. The number of hydrogen-bond acceptors (Lipinski definition) is 2. The molecule has 3 aromatic rings. The molecule has 3 rings (SSSR count).